The molecule has 4 nitrogen and oxygen atoms in total. The van der Waals surface area contributed by atoms with Gasteiger partial charge in [-0.3, -0.25) is 4.79 Å². The van der Waals surface area contributed by atoms with Crippen molar-refractivity contribution in [1.82, 2.24) is 10.1 Å². The molecule has 0 saturated heterocycles. The number of carbonyl (C=O) groups excluding carboxylic acids is 1. The highest BCUT2D eigenvalue weighted by Crippen LogP contribution is 2.20. The molecule has 1 aromatic heterocycles. The molecule has 1 heterocycles. The van der Waals surface area contributed by atoms with Crippen LogP contribution in [0.25, 0.3) is 11.1 Å². The molecule has 2 aromatic carbocycles. The van der Waals surface area contributed by atoms with Gasteiger partial charge in [0.2, 0.25) is 5.91 Å². The van der Waals surface area contributed by atoms with Crippen LogP contribution in [0.3, 0.4) is 0 Å². The molecular formula is C21H22N2O2. The van der Waals surface area contributed by atoms with Crippen LogP contribution in [-0.4, -0.2) is 23.0 Å². The molecule has 0 unspecified atom stereocenters. The van der Waals surface area contributed by atoms with Gasteiger partial charge in [0, 0.05) is 19.2 Å². The van der Waals surface area contributed by atoms with Crippen LogP contribution in [0.15, 0.2) is 59.1 Å². The molecule has 0 bridgehead atoms. The summed E-state index contributed by atoms with van der Waals surface area (Å²) in [7, 11) is 1.83. The predicted octanol–water partition coefficient (Wildman–Crippen LogP) is 4.16. The Hall–Kier alpha value is -2.88. The second kappa shape index (κ2) is 7.34. The number of carbonyl (C=O) groups is 1. The Morgan fingerprint density at radius 2 is 1.64 bits per heavy atom. The monoisotopic (exact) mass is 334 g/mol. The topological polar surface area (TPSA) is 46.3 Å². The average Bonchev–Trinajstić information content (AvgIpc) is 2.95. The third-order valence-electron chi connectivity index (χ3n) is 4.42. The van der Waals surface area contributed by atoms with Crippen molar-refractivity contribution >= 4 is 5.91 Å². The molecule has 0 radical (unpaired) electrons. The van der Waals surface area contributed by atoms with Crippen LogP contribution in [-0.2, 0) is 17.8 Å². The Kier molecular flexibility index (Phi) is 4.98. The fourth-order valence-electron chi connectivity index (χ4n) is 2.84. The number of hydrogen-bond donors (Lipinski definition) is 0. The van der Waals surface area contributed by atoms with Crippen molar-refractivity contribution in [3.63, 3.8) is 0 Å². The Balaban J connectivity index is 1.64. The minimum Gasteiger partial charge on any atom is -0.361 e. The first-order chi connectivity index (χ1) is 12.0. The minimum atomic E-state index is 0.0570. The second-order valence-corrected chi connectivity index (χ2v) is 6.29. The van der Waals surface area contributed by atoms with Gasteiger partial charge in [0.05, 0.1) is 12.1 Å². The largest absolute Gasteiger partial charge is 0.361 e. The summed E-state index contributed by atoms with van der Waals surface area (Å²) in [5, 5.41) is 3.91. The van der Waals surface area contributed by atoms with E-state index in [9.17, 15) is 4.79 Å². The number of hydrogen-bond acceptors (Lipinski definition) is 3. The van der Waals surface area contributed by atoms with E-state index in [2.05, 4.69) is 41.6 Å². The highest BCUT2D eigenvalue weighted by atomic mass is 16.5. The summed E-state index contributed by atoms with van der Waals surface area (Å²) in [6.45, 7) is 4.28. The van der Waals surface area contributed by atoms with Crippen molar-refractivity contribution in [3.05, 3.63) is 77.2 Å². The zero-order valence-corrected chi connectivity index (χ0v) is 14.8. The molecule has 4 heteroatoms. The first-order valence-electron chi connectivity index (χ1n) is 8.34. The Bertz CT molecular complexity index is 832. The van der Waals surface area contributed by atoms with Gasteiger partial charge < -0.3 is 9.42 Å². The highest BCUT2D eigenvalue weighted by molar-refractivity contribution is 5.79. The number of rotatable bonds is 5. The molecule has 0 saturated carbocycles. The molecule has 0 spiro atoms. The summed E-state index contributed by atoms with van der Waals surface area (Å²) in [6.07, 6.45) is 0.319. The van der Waals surface area contributed by atoms with Gasteiger partial charge in [0.1, 0.15) is 5.76 Å². The van der Waals surface area contributed by atoms with Gasteiger partial charge in [-0.15, -0.1) is 0 Å². The third kappa shape index (κ3) is 3.97. The first-order valence-corrected chi connectivity index (χ1v) is 8.34. The van der Waals surface area contributed by atoms with Crippen LogP contribution in [0, 0.1) is 13.8 Å². The molecule has 3 aromatic rings. The van der Waals surface area contributed by atoms with Crippen LogP contribution in [0.5, 0.6) is 0 Å². The number of aromatic nitrogens is 1. The standard InChI is InChI=1S/C21H22N2O2/c1-15-20(16(2)25-22-15)13-21(24)23(3)14-17-9-11-19(12-10-17)18-7-5-4-6-8-18/h4-12H,13-14H2,1-3H3. The number of likely N-dealkylation sites (N-methyl/N-ethyl adjacent to an activating group) is 1. The highest BCUT2D eigenvalue weighted by Gasteiger charge is 2.16. The zero-order chi connectivity index (χ0) is 17.8. The maximum atomic E-state index is 12.5. The lowest BCUT2D eigenvalue weighted by molar-refractivity contribution is -0.129. The zero-order valence-electron chi connectivity index (χ0n) is 14.8. The lowest BCUT2D eigenvalue weighted by Gasteiger charge is -2.17. The maximum Gasteiger partial charge on any atom is 0.227 e. The summed E-state index contributed by atoms with van der Waals surface area (Å²) >= 11 is 0. The van der Waals surface area contributed by atoms with E-state index in [-0.39, 0.29) is 5.91 Å². The molecular weight excluding hydrogens is 312 g/mol. The van der Waals surface area contributed by atoms with E-state index in [0.29, 0.717) is 18.7 Å². The predicted molar refractivity (Wildman–Crippen MR) is 98.0 cm³/mol. The molecule has 1 amide bonds. The van der Waals surface area contributed by atoms with Crippen molar-refractivity contribution in [1.29, 1.82) is 0 Å². The maximum absolute atomic E-state index is 12.5. The van der Waals surface area contributed by atoms with Gasteiger partial charge in [-0.1, -0.05) is 59.8 Å². The van der Waals surface area contributed by atoms with Gasteiger partial charge >= 0.3 is 0 Å². The van der Waals surface area contributed by atoms with E-state index in [0.717, 1.165) is 16.8 Å². The second-order valence-electron chi connectivity index (χ2n) is 6.29. The quantitative estimate of drug-likeness (QED) is 0.704. The van der Waals surface area contributed by atoms with Crippen molar-refractivity contribution in [3.8, 4) is 11.1 Å². The van der Waals surface area contributed by atoms with Crippen molar-refractivity contribution < 1.29 is 9.32 Å². The summed E-state index contributed by atoms with van der Waals surface area (Å²) in [5.41, 5.74) is 5.14. The van der Waals surface area contributed by atoms with Gasteiger partial charge in [0.25, 0.3) is 0 Å². The fourth-order valence-corrected chi connectivity index (χ4v) is 2.84. The molecule has 0 N–H and O–H groups in total. The Morgan fingerprint density at radius 1 is 1.00 bits per heavy atom. The normalized spacial score (nSPS) is 10.7. The van der Waals surface area contributed by atoms with E-state index in [4.69, 9.17) is 4.52 Å². The molecule has 128 valence electrons. The minimum absolute atomic E-state index is 0.0570. The van der Waals surface area contributed by atoms with E-state index >= 15 is 0 Å². The lowest BCUT2D eigenvalue weighted by Crippen LogP contribution is -2.28. The van der Waals surface area contributed by atoms with Gasteiger partial charge in [0.15, 0.2) is 0 Å². The SMILES string of the molecule is Cc1noc(C)c1CC(=O)N(C)Cc1ccc(-c2ccccc2)cc1. The fraction of sp³-hybridized carbons (Fsp3) is 0.238. The summed E-state index contributed by atoms with van der Waals surface area (Å²) in [4.78, 5) is 14.2. The molecule has 25 heavy (non-hydrogen) atoms. The van der Waals surface area contributed by atoms with Crippen molar-refractivity contribution in [2.45, 2.75) is 26.8 Å². The van der Waals surface area contributed by atoms with Crippen molar-refractivity contribution in [2.75, 3.05) is 7.05 Å². The first kappa shape index (κ1) is 17.0. The summed E-state index contributed by atoms with van der Waals surface area (Å²) < 4.78 is 5.13. The molecule has 0 aliphatic rings. The van der Waals surface area contributed by atoms with E-state index < -0.39 is 0 Å². The number of amides is 1. The van der Waals surface area contributed by atoms with E-state index in [1.54, 1.807) is 4.90 Å². The number of nitrogens with zero attached hydrogens (tertiary/aromatic N) is 2. The van der Waals surface area contributed by atoms with Gasteiger partial charge in [-0.2, -0.15) is 0 Å². The molecule has 0 fully saturated rings. The average molecular weight is 334 g/mol. The summed E-state index contributed by atoms with van der Waals surface area (Å²) in [5.74, 6) is 0.771. The van der Waals surface area contributed by atoms with Gasteiger partial charge in [-0.05, 0) is 30.5 Å². The van der Waals surface area contributed by atoms with Crippen LogP contribution < -0.4 is 0 Å². The van der Waals surface area contributed by atoms with Crippen LogP contribution >= 0.6 is 0 Å². The van der Waals surface area contributed by atoms with Crippen LogP contribution in [0.1, 0.15) is 22.6 Å². The van der Waals surface area contributed by atoms with E-state index in [1.807, 2.05) is 39.1 Å². The van der Waals surface area contributed by atoms with Crippen LogP contribution in [0.2, 0.25) is 0 Å². The number of aryl methyl sites for hydroxylation is 2. The smallest absolute Gasteiger partial charge is 0.227 e. The lowest BCUT2D eigenvalue weighted by atomic mass is 10.0. The van der Waals surface area contributed by atoms with E-state index in [1.165, 1.54) is 11.1 Å². The molecule has 3 rings (SSSR count). The van der Waals surface area contributed by atoms with Gasteiger partial charge in [-0.25, -0.2) is 0 Å². The van der Waals surface area contributed by atoms with Crippen LogP contribution in [0.4, 0.5) is 0 Å². The number of benzene rings is 2. The Labute approximate surface area is 148 Å². The van der Waals surface area contributed by atoms with Crippen molar-refractivity contribution in [2.24, 2.45) is 0 Å². The molecule has 0 atom stereocenters. The molecule has 0 aliphatic carbocycles. The summed E-state index contributed by atoms with van der Waals surface area (Å²) in [6, 6.07) is 18.6. The Morgan fingerprint density at radius 3 is 2.24 bits per heavy atom. The molecule has 0 aliphatic heterocycles. The third-order valence-corrected chi connectivity index (χ3v) is 4.42.